The largest absolute Gasteiger partial charge is 0.321 e. The molecule has 4 heteroatoms. The van der Waals surface area contributed by atoms with Crippen molar-refractivity contribution >= 4 is 11.6 Å². The van der Waals surface area contributed by atoms with E-state index < -0.39 is 0 Å². The predicted molar refractivity (Wildman–Crippen MR) is 108 cm³/mol. The molecule has 1 atom stereocenters. The van der Waals surface area contributed by atoms with Crippen molar-refractivity contribution in [3.05, 3.63) is 64.2 Å². The van der Waals surface area contributed by atoms with Gasteiger partial charge in [0, 0.05) is 29.9 Å². The lowest BCUT2D eigenvalue weighted by molar-refractivity contribution is 0.102. The molecule has 0 saturated carbocycles. The monoisotopic (exact) mass is 351 g/mol. The Labute approximate surface area is 156 Å². The van der Waals surface area contributed by atoms with Crippen molar-refractivity contribution in [1.29, 1.82) is 0 Å². The number of likely N-dealkylation sites (N-methyl/N-ethyl adjacent to an activating group) is 1. The molecule has 1 aliphatic heterocycles. The molecule has 0 saturated heterocycles. The molecular formula is C22H29N3O. The maximum absolute atomic E-state index is 12.8. The van der Waals surface area contributed by atoms with Gasteiger partial charge in [0.1, 0.15) is 0 Å². The Morgan fingerprint density at radius 1 is 1.04 bits per heavy atom. The Morgan fingerprint density at radius 2 is 1.73 bits per heavy atom. The number of anilines is 1. The van der Waals surface area contributed by atoms with Gasteiger partial charge in [0.2, 0.25) is 0 Å². The van der Waals surface area contributed by atoms with Crippen molar-refractivity contribution in [3.63, 3.8) is 0 Å². The number of benzene rings is 2. The zero-order valence-corrected chi connectivity index (χ0v) is 16.2. The summed E-state index contributed by atoms with van der Waals surface area (Å²) in [5.74, 6) is -0.0245. The first kappa shape index (κ1) is 18.6. The molecule has 2 aromatic rings. The molecule has 2 N–H and O–H groups in total. The molecule has 0 aromatic heterocycles. The minimum absolute atomic E-state index is 0.00983. The van der Waals surface area contributed by atoms with E-state index in [2.05, 4.69) is 61.4 Å². The zero-order valence-electron chi connectivity index (χ0n) is 16.2. The Bertz CT molecular complexity index is 796. The Hall–Kier alpha value is -2.17. The van der Waals surface area contributed by atoms with Crippen molar-refractivity contribution in [2.24, 2.45) is 0 Å². The lowest BCUT2D eigenvalue weighted by Crippen LogP contribution is -2.34. The summed E-state index contributed by atoms with van der Waals surface area (Å²) in [6, 6.07) is 12.2. The van der Waals surface area contributed by atoms with Gasteiger partial charge in [-0.3, -0.25) is 4.79 Å². The number of carbonyl (C=O) groups excluding carboxylic acids is 1. The predicted octanol–water partition coefficient (Wildman–Crippen LogP) is 3.89. The third-order valence-corrected chi connectivity index (χ3v) is 5.39. The van der Waals surface area contributed by atoms with Gasteiger partial charge >= 0.3 is 0 Å². The van der Waals surface area contributed by atoms with Crippen LogP contribution in [0, 0.1) is 13.8 Å². The number of nitrogens with one attached hydrogen (secondary N) is 2. The van der Waals surface area contributed by atoms with Crippen molar-refractivity contribution in [3.8, 4) is 0 Å². The van der Waals surface area contributed by atoms with Gasteiger partial charge in [0.15, 0.2) is 0 Å². The van der Waals surface area contributed by atoms with Crippen molar-refractivity contribution in [2.75, 3.05) is 31.5 Å². The molecule has 1 heterocycles. The minimum atomic E-state index is -0.0245. The van der Waals surface area contributed by atoms with Crippen LogP contribution in [0.2, 0.25) is 0 Å². The normalized spacial score (nSPS) is 16.0. The molecule has 0 fully saturated rings. The molecule has 0 radical (unpaired) electrons. The van der Waals surface area contributed by atoms with Crippen LogP contribution in [0.1, 0.15) is 52.5 Å². The second-order valence-corrected chi connectivity index (χ2v) is 6.94. The first-order valence-electron chi connectivity index (χ1n) is 9.52. The van der Waals surface area contributed by atoms with Crippen LogP contribution in [-0.2, 0) is 0 Å². The highest BCUT2D eigenvalue weighted by atomic mass is 16.1. The van der Waals surface area contributed by atoms with Crippen LogP contribution >= 0.6 is 0 Å². The maximum Gasteiger partial charge on any atom is 0.256 e. The molecule has 0 spiro atoms. The highest BCUT2D eigenvalue weighted by Crippen LogP contribution is 2.37. The van der Waals surface area contributed by atoms with Gasteiger partial charge in [-0.2, -0.15) is 0 Å². The molecule has 0 aliphatic carbocycles. The lowest BCUT2D eigenvalue weighted by Gasteiger charge is -2.25. The molecule has 2 aromatic carbocycles. The summed E-state index contributed by atoms with van der Waals surface area (Å²) in [5, 5.41) is 6.88. The zero-order chi connectivity index (χ0) is 18.7. The summed E-state index contributed by atoms with van der Waals surface area (Å²) >= 11 is 0. The summed E-state index contributed by atoms with van der Waals surface area (Å²) < 4.78 is 0. The first-order valence-corrected chi connectivity index (χ1v) is 9.52. The molecule has 138 valence electrons. The number of nitrogens with zero attached hydrogens (tertiary/aromatic N) is 1. The number of aryl methyl sites for hydroxylation is 2. The number of carbonyl (C=O) groups is 1. The first-order chi connectivity index (χ1) is 12.6. The molecule has 26 heavy (non-hydrogen) atoms. The lowest BCUT2D eigenvalue weighted by atomic mass is 9.90. The highest BCUT2D eigenvalue weighted by Gasteiger charge is 2.29. The fourth-order valence-corrected chi connectivity index (χ4v) is 3.78. The number of hydrogen-bond acceptors (Lipinski definition) is 3. The van der Waals surface area contributed by atoms with E-state index in [9.17, 15) is 4.79 Å². The van der Waals surface area contributed by atoms with Crippen LogP contribution in [0.3, 0.4) is 0 Å². The van der Waals surface area contributed by atoms with Crippen LogP contribution in [0.25, 0.3) is 0 Å². The fraction of sp³-hybridized carbons (Fsp3) is 0.409. The Kier molecular flexibility index (Phi) is 5.74. The summed E-state index contributed by atoms with van der Waals surface area (Å²) in [7, 11) is 0. The second-order valence-electron chi connectivity index (χ2n) is 6.94. The summed E-state index contributed by atoms with van der Waals surface area (Å²) in [6.45, 7) is 12.5. The number of hydrogen-bond donors (Lipinski definition) is 2. The molecule has 4 nitrogen and oxygen atoms in total. The smallest absolute Gasteiger partial charge is 0.256 e. The average molecular weight is 351 g/mol. The SMILES string of the molecule is CCN(CC)CCNC1c2ccccc2C(=O)Nc2c(C)ccc(C)c21. The number of rotatable bonds is 6. The highest BCUT2D eigenvalue weighted by molar-refractivity contribution is 6.07. The Morgan fingerprint density at radius 3 is 2.46 bits per heavy atom. The van der Waals surface area contributed by atoms with Crippen LogP contribution in [-0.4, -0.2) is 37.0 Å². The third-order valence-electron chi connectivity index (χ3n) is 5.39. The van der Waals surface area contributed by atoms with E-state index in [0.29, 0.717) is 0 Å². The van der Waals surface area contributed by atoms with Gasteiger partial charge in [0.25, 0.3) is 5.91 Å². The van der Waals surface area contributed by atoms with Gasteiger partial charge in [-0.05, 0) is 49.7 Å². The van der Waals surface area contributed by atoms with Crippen LogP contribution in [0.5, 0.6) is 0 Å². The van der Waals surface area contributed by atoms with E-state index in [1.807, 2.05) is 18.2 Å². The molecule has 1 amide bonds. The second kappa shape index (κ2) is 8.02. The topological polar surface area (TPSA) is 44.4 Å². The quantitative estimate of drug-likeness (QED) is 0.830. The van der Waals surface area contributed by atoms with Gasteiger partial charge in [-0.1, -0.05) is 44.2 Å². The third kappa shape index (κ3) is 3.53. The van der Waals surface area contributed by atoms with Gasteiger partial charge < -0.3 is 15.5 Å². The molecule has 3 rings (SSSR count). The van der Waals surface area contributed by atoms with E-state index in [4.69, 9.17) is 0 Å². The standard InChI is InChI=1S/C22H29N3O/c1-5-25(6-2)14-13-23-21-17-9-7-8-10-18(17)22(26)24-20-16(4)12-11-15(3)19(20)21/h7-12,21,23H,5-6,13-14H2,1-4H3,(H,24,26). The van der Waals surface area contributed by atoms with E-state index in [-0.39, 0.29) is 11.9 Å². The average Bonchev–Trinajstić information content (AvgIpc) is 2.78. The maximum atomic E-state index is 12.8. The number of amides is 1. The van der Waals surface area contributed by atoms with Crippen LogP contribution in [0.15, 0.2) is 36.4 Å². The molecule has 0 bridgehead atoms. The van der Waals surface area contributed by atoms with Gasteiger partial charge in [0.05, 0.1) is 6.04 Å². The van der Waals surface area contributed by atoms with Crippen molar-refractivity contribution < 1.29 is 4.79 Å². The van der Waals surface area contributed by atoms with Gasteiger partial charge in [-0.25, -0.2) is 0 Å². The summed E-state index contributed by atoms with van der Waals surface area (Å²) in [6.07, 6.45) is 0. The van der Waals surface area contributed by atoms with Crippen molar-refractivity contribution in [1.82, 2.24) is 10.2 Å². The minimum Gasteiger partial charge on any atom is -0.321 e. The van der Waals surface area contributed by atoms with Crippen LogP contribution in [0.4, 0.5) is 5.69 Å². The van der Waals surface area contributed by atoms with E-state index in [1.165, 1.54) is 11.1 Å². The molecule has 1 unspecified atom stereocenters. The van der Waals surface area contributed by atoms with E-state index in [1.54, 1.807) is 0 Å². The Balaban J connectivity index is 2.02. The van der Waals surface area contributed by atoms with E-state index >= 15 is 0 Å². The molecular weight excluding hydrogens is 322 g/mol. The van der Waals surface area contributed by atoms with Crippen molar-refractivity contribution in [2.45, 2.75) is 33.7 Å². The summed E-state index contributed by atoms with van der Waals surface area (Å²) in [4.78, 5) is 15.2. The van der Waals surface area contributed by atoms with Gasteiger partial charge in [-0.15, -0.1) is 0 Å². The van der Waals surface area contributed by atoms with Crippen LogP contribution < -0.4 is 10.6 Å². The number of fused-ring (bicyclic) bond motifs is 2. The van der Waals surface area contributed by atoms with E-state index in [0.717, 1.165) is 48.6 Å². The molecule has 1 aliphatic rings. The summed E-state index contributed by atoms with van der Waals surface area (Å²) in [5.41, 5.74) is 6.24. The fourth-order valence-electron chi connectivity index (χ4n) is 3.78.